The highest BCUT2D eigenvalue weighted by molar-refractivity contribution is 5.80. The van der Waals surface area contributed by atoms with Crippen molar-refractivity contribution in [3.8, 4) is 0 Å². The van der Waals surface area contributed by atoms with Crippen LogP contribution in [-0.2, 0) is 4.79 Å². The van der Waals surface area contributed by atoms with Crippen molar-refractivity contribution in [2.24, 2.45) is 0 Å². The van der Waals surface area contributed by atoms with Crippen LogP contribution in [0.25, 0.3) is 0 Å². The van der Waals surface area contributed by atoms with Gasteiger partial charge in [-0.05, 0) is 12.8 Å². The van der Waals surface area contributed by atoms with Crippen LogP contribution < -0.4 is 5.32 Å². The third kappa shape index (κ3) is 27.6. The van der Waals surface area contributed by atoms with Crippen molar-refractivity contribution in [3.05, 3.63) is 0 Å². The Hall–Kier alpha value is -0.690. The van der Waals surface area contributed by atoms with Crippen molar-refractivity contribution in [2.45, 2.75) is 231 Å². The molecule has 264 valence electrons. The summed E-state index contributed by atoms with van der Waals surface area (Å²) in [6.07, 6.45) is 32.6. The zero-order chi connectivity index (χ0) is 32.5. The van der Waals surface area contributed by atoms with Gasteiger partial charge >= 0.3 is 0 Å². The van der Waals surface area contributed by atoms with Crippen LogP contribution in [-0.4, -0.2) is 57.3 Å². The second-order valence-corrected chi connectivity index (χ2v) is 13.6. The molecule has 0 aliphatic heterocycles. The van der Waals surface area contributed by atoms with E-state index in [2.05, 4.69) is 19.2 Å². The van der Waals surface area contributed by atoms with E-state index in [0.717, 1.165) is 38.5 Å². The number of amides is 1. The van der Waals surface area contributed by atoms with Gasteiger partial charge in [-0.25, -0.2) is 0 Å². The van der Waals surface area contributed by atoms with E-state index in [-0.39, 0.29) is 0 Å². The van der Waals surface area contributed by atoms with Gasteiger partial charge < -0.3 is 25.7 Å². The van der Waals surface area contributed by atoms with Crippen molar-refractivity contribution in [1.29, 1.82) is 0 Å². The summed E-state index contributed by atoms with van der Waals surface area (Å²) in [5.41, 5.74) is 0. The van der Waals surface area contributed by atoms with Crippen LogP contribution >= 0.6 is 0 Å². The monoisotopic (exact) mass is 628 g/mol. The van der Waals surface area contributed by atoms with Crippen molar-refractivity contribution >= 4 is 5.91 Å². The second-order valence-electron chi connectivity index (χ2n) is 13.6. The van der Waals surface area contributed by atoms with Gasteiger partial charge in [0.05, 0.1) is 18.8 Å². The van der Waals surface area contributed by atoms with Crippen molar-refractivity contribution in [2.75, 3.05) is 6.61 Å². The first kappa shape index (κ1) is 43.3. The van der Waals surface area contributed by atoms with Gasteiger partial charge in [-0.3, -0.25) is 4.79 Å². The van der Waals surface area contributed by atoms with Crippen LogP contribution in [0.3, 0.4) is 0 Å². The molecule has 1 amide bonds. The Kier molecular flexibility index (Phi) is 33.1. The fourth-order valence-electron chi connectivity index (χ4n) is 6.17. The predicted octanol–water partition coefficient (Wildman–Crippen LogP) is 9.29. The summed E-state index contributed by atoms with van der Waals surface area (Å²) in [5, 5.41) is 43.5. The highest BCUT2D eigenvalue weighted by atomic mass is 16.3. The van der Waals surface area contributed by atoms with Crippen LogP contribution in [0.5, 0.6) is 0 Å². The predicted molar refractivity (Wildman–Crippen MR) is 187 cm³/mol. The van der Waals surface area contributed by atoms with E-state index < -0.39 is 36.9 Å². The molecule has 0 fully saturated rings. The number of hydrogen-bond donors (Lipinski definition) is 5. The summed E-state index contributed by atoms with van der Waals surface area (Å²) >= 11 is 0. The van der Waals surface area contributed by atoms with Gasteiger partial charge in [0.2, 0.25) is 5.91 Å². The molecule has 4 atom stereocenters. The maximum Gasteiger partial charge on any atom is 0.249 e. The molecular formula is C38H77NO5. The minimum Gasteiger partial charge on any atom is -0.394 e. The summed E-state index contributed by atoms with van der Waals surface area (Å²) in [4.78, 5) is 12.4. The number of carbonyl (C=O) groups excluding carboxylic acids is 1. The third-order valence-electron chi connectivity index (χ3n) is 9.32. The zero-order valence-electron chi connectivity index (χ0n) is 29.4. The van der Waals surface area contributed by atoms with Crippen molar-refractivity contribution < 1.29 is 25.2 Å². The topological polar surface area (TPSA) is 110 Å². The lowest BCUT2D eigenvalue weighted by atomic mass is 9.99. The normalized spacial score (nSPS) is 14.4. The van der Waals surface area contributed by atoms with E-state index >= 15 is 0 Å². The number of aliphatic hydroxyl groups is 4. The molecule has 0 aromatic carbocycles. The Morgan fingerprint density at radius 2 is 0.773 bits per heavy atom. The molecule has 5 N–H and O–H groups in total. The van der Waals surface area contributed by atoms with Crippen LogP contribution in [0.1, 0.15) is 206 Å². The fraction of sp³-hybridized carbons (Fsp3) is 0.974. The molecule has 0 heterocycles. The molecule has 0 aromatic rings. The summed E-state index contributed by atoms with van der Waals surface area (Å²) in [6, 6.07) is -0.977. The first-order valence-electron chi connectivity index (χ1n) is 19.4. The minimum atomic E-state index is -1.25. The largest absolute Gasteiger partial charge is 0.394 e. The lowest BCUT2D eigenvalue weighted by molar-refractivity contribution is -0.132. The number of nitrogens with one attached hydrogen (secondary N) is 1. The standard InChI is InChI=1S/C38H77NO5/c1-3-5-7-9-11-13-15-17-18-20-22-24-26-28-30-32-36(42)38(44)39-34(33-40)37(43)35(41)31-29-27-25-23-21-19-16-14-12-10-8-6-4-2/h34-37,40-43H,3-33H2,1-2H3,(H,39,44). The Labute approximate surface area is 273 Å². The number of unbranched alkanes of at least 4 members (excludes halogenated alkanes) is 26. The fourth-order valence-corrected chi connectivity index (χ4v) is 6.17. The van der Waals surface area contributed by atoms with Gasteiger partial charge in [0, 0.05) is 0 Å². The van der Waals surface area contributed by atoms with E-state index in [4.69, 9.17) is 0 Å². The smallest absolute Gasteiger partial charge is 0.249 e. The molecule has 0 rings (SSSR count). The molecule has 0 bridgehead atoms. The highest BCUT2D eigenvalue weighted by Gasteiger charge is 2.28. The number of hydrogen-bond acceptors (Lipinski definition) is 5. The van der Waals surface area contributed by atoms with Crippen LogP contribution in [0, 0.1) is 0 Å². The summed E-state index contributed by atoms with van der Waals surface area (Å²) in [5.74, 6) is -0.582. The van der Waals surface area contributed by atoms with Gasteiger partial charge in [0.15, 0.2) is 0 Å². The maximum absolute atomic E-state index is 12.4. The van der Waals surface area contributed by atoms with Gasteiger partial charge in [0.1, 0.15) is 12.2 Å². The lowest BCUT2D eigenvalue weighted by Gasteiger charge is -2.27. The summed E-state index contributed by atoms with van der Waals surface area (Å²) in [7, 11) is 0. The highest BCUT2D eigenvalue weighted by Crippen LogP contribution is 2.16. The zero-order valence-corrected chi connectivity index (χ0v) is 29.4. The SMILES string of the molecule is CCCCCCCCCCCCCCCCCC(O)C(=O)NC(CO)C(O)C(O)CCCCCCCCCCCCCCC. The van der Waals surface area contributed by atoms with E-state index in [1.807, 2.05) is 0 Å². The first-order chi connectivity index (χ1) is 21.5. The molecular weight excluding hydrogens is 550 g/mol. The molecule has 6 nitrogen and oxygen atoms in total. The van der Waals surface area contributed by atoms with Gasteiger partial charge in [0.25, 0.3) is 0 Å². The van der Waals surface area contributed by atoms with E-state index in [0.29, 0.717) is 12.8 Å². The van der Waals surface area contributed by atoms with Crippen LogP contribution in [0.15, 0.2) is 0 Å². The number of aliphatic hydroxyl groups excluding tert-OH is 4. The Bertz CT molecular complexity index is 590. The Morgan fingerprint density at radius 3 is 1.09 bits per heavy atom. The molecule has 0 saturated heterocycles. The average molecular weight is 628 g/mol. The molecule has 0 aromatic heterocycles. The van der Waals surface area contributed by atoms with Gasteiger partial charge in [-0.2, -0.15) is 0 Å². The molecule has 0 saturated carbocycles. The molecule has 0 spiro atoms. The molecule has 6 heteroatoms. The van der Waals surface area contributed by atoms with Crippen LogP contribution in [0.2, 0.25) is 0 Å². The lowest BCUT2D eigenvalue weighted by Crippen LogP contribution is -2.53. The summed E-state index contributed by atoms with van der Waals surface area (Å²) < 4.78 is 0. The average Bonchev–Trinajstić information content (AvgIpc) is 3.03. The minimum absolute atomic E-state index is 0.375. The molecule has 0 radical (unpaired) electrons. The maximum atomic E-state index is 12.4. The van der Waals surface area contributed by atoms with E-state index in [9.17, 15) is 25.2 Å². The quantitative estimate of drug-likeness (QED) is 0.0450. The van der Waals surface area contributed by atoms with Crippen molar-refractivity contribution in [1.82, 2.24) is 5.32 Å². The van der Waals surface area contributed by atoms with E-state index in [1.54, 1.807) is 0 Å². The first-order valence-corrected chi connectivity index (χ1v) is 19.4. The second kappa shape index (κ2) is 33.7. The van der Waals surface area contributed by atoms with Gasteiger partial charge in [-0.1, -0.05) is 194 Å². The molecule has 0 aliphatic carbocycles. The Balaban J connectivity index is 3.77. The third-order valence-corrected chi connectivity index (χ3v) is 9.32. The van der Waals surface area contributed by atoms with Crippen LogP contribution in [0.4, 0.5) is 0 Å². The molecule has 0 aliphatic rings. The summed E-state index contributed by atoms with van der Waals surface area (Å²) in [6.45, 7) is 4.04. The van der Waals surface area contributed by atoms with Gasteiger partial charge in [-0.15, -0.1) is 0 Å². The molecule has 4 unspecified atom stereocenters. The number of carbonyl (C=O) groups is 1. The Morgan fingerprint density at radius 1 is 0.477 bits per heavy atom. The molecule has 44 heavy (non-hydrogen) atoms. The van der Waals surface area contributed by atoms with E-state index in [1.165, 1.54) is 141 Å². The number of rotatable bonds is 35. The van der Waals surface area contributed by atoms with Crippen molar-refractivity contribution in [3.63, 3.8) is 0 Å².